The second kappa shape index (κ2) is 13.2. The largest absolute Gasteiger partial charge is 0.504 e. The van der Waals surface area contributed by atoms with Crippen LogP contribution in [0.15, 0.2) is 66.7 Å². The van der Waals surface area contributed by atoms with Crippen molar-refractivity contribution in [2.45, 2.75) is 20.8 Å². The molecule has 0 bridgehead atoms. The van der Waals surface area contributed by atoms with E-state index in [1.807, 2.05) is 56.4 Å². The Kier molecular flexibility index (Phi) is 9.25. The molecule has 3 aromatic carbocycles. The van der Waals surface area contributed by atoms with Crippen molar-refractivity contribution in [3.05, 3.63) is 94.8 Å². The van der Waals surface area contributed by atoms with Crippen LogP contribution < -0.4 is 9.47 Å². The zero-order valence-corrected chi connectivity index (χ0v) is 22.7. The zero-order valence-electron chi connectivity index (χ0n) is 22.7. The Morgan fingerprint density at radius 1 is 0.750 bits per heavy atom. The fourth-order valence-corrected chi connectivity index (χ4v) is 3.97. The molecule has 4 aromatic rings. The topological polar surface area (TPSA) is 103 Å². The number of hydrogen-bond acceptors (Lipinski definition) is 7. The molecule has 0 saturated heterocycles. The maximum Gasteiger partial charge on any atom is 0.338 e. The molecular formula is C32H32N2O6. The van der Waals surface area contributed by atoms with Crippen LogP contribution >= 0.6 is 0 Å². The van der Waals surface area contributed by atoms with Crippen molar-refractivity contribution in [3.8, 4) is 28.7 Å². The Morgan fingerprint density at radius 2 is 1.32 bits per heavy atom. The SMILES string of the molecule is CCOC(=O)c1ccc(-n2nc(/C=C/c3ccc(OCC)c(O)c3)cc2/C=C/c2ccc(OCC)c(O)c2)cc1. The highest BCUT2D eigenvalue weighted by Crippen LogP contribution is 2.29. The van der Waals surface area contributed by atoms with Crippen LogP contribution in [0.1, 0.15) is 53.6 Å². The van der Waals surface area contributed by atoms with Crippen LogP contribution in [-0.4, -0.2) is 45.8 Å². The quantitative estimate of drug-likeness (QED) is 0.207. The minimum atomic E-state index is -0.382. The number of phenolic OH excluding ortho intramolecular Hbond substituents is 2. The maximum atomic E-state index is 12.1. The first-order valence-corrected chi connectivity index (χ1v) is 13.1. The van der Waals surface area contributed by atoms with Gasteiger partial charge in [-0.3, -0.25) is 0 Å². The number of aromatic hydroxyl groups is 2. The van der Waals surface area contributed by atoms with Gasteiger partial charge < -0.3 is 24.4 Å². The van der Waals surface area contributed by atoms with Crippen molar-refractivity contribution >= 4 is 30.3 Å². The lowest BCUT2D eigenvalue weighted by molar-refractivity contribution is 0.0526. The number of aromatic nitrogens is 2. The number of carbonyl (C=O) groups is 1. The lowest BCUT2D eigenvalue weighted by Crippen LogP contribution is -2.05. The number of esters is 1. The second-order valence-corrected chi connectivity index (χ2v) is 8.66. The molecule has 206 valence electrons. The normalized spacial score (nSPS) is 11.3. The molecule has 40 heavy (non-hydrogen) atoms. The van der Waals surface area contributed by atoms with Gasteiger partial charge >= 0.3 is 5.97 Å². The molecule has 1 heterocycles. The number of ether oxygens (including phenoxy) is 3. The van der Waals surface area contributed by atoms with Gasteiger partial charge in [-0.2, -0.15) is 5.10 Å². The first kappa shape index (κ1) is 28.0. The van der Waals surface area contributed by atoms with Gasteiger partial charge in [0.1, 0.15) is 0 Å². The van der Waals surface area contributed by atoms with E-state index in [1.54, 1.807) is 60.1 Å². The number of benzene rings is 3. The summed E-state index contributed by atoms with van der Waals surface area (Å²) in [4.78, 5) is 12.1. The molecule has 0 radical (unpaired) electrons. The fourth-order valence-electron chi connectivity index (χ4n) is 3.97. The Labute approximate surface area is 233 Å². The highest BCUT2D eigenvalue weighted by atomic mass is 16.5. The molecule has 2 N–H and O–H groups in total. The Balaban J connectivity index is 1.66. The molecule has 0 saturated carbocycles. The lowest BCUT2D eigenvalue weighted by atomic mass is 10.1. The molecule has 0 aliphatic rings. The van der Waals surface area contributed by atoms with Gasteiger partial charge in [0.2, 0.25) is 0 Å². The van der Waals surface area contributed by atoms with Gasteiger partial charge in [-0.05, 0) is 98.6 Å². The standard InChI is InChI=1S/C32H32N2O6/c1-4-38-30-17-9-22(19-28(30)35)7-13-25-21-27(14-8-23-10-18-31(39-5-2)29(36)20-23)34(33-25)26-15-11-24(12-16-26)32(37)40-6-3/h7-21,35-36H,4-6H2,1-3H3/b13-7+,14-8+. The molecule has 8 nitrogen and oxygen atoms in total. The first-order chi connectivity index (χ1) is 19.4. The van der Waals surface area contributed by atoms with E-state index in [1.165, 1.54) is 0 Å². The predicted molar refractivity (Wildman–Crippen MR) is 156 cm³/mol. The summed E-state index contributed by atoms with van der Waals surface area (Å²) < 4.78 is 17.7. The van der Waals surface area contributed by atoms with Gasteiger partial charge in [-0.1, -0.05) is 24.3 Å². The van der Waals surface area contributed by atoms with Crippen LogP contribution in [0.25, 0.3) is 30.0 Å². The third kappa shape index (κ3) is 6.91. The summed E-state index contributed by atoms with van der Waals surface area (Å²) in [5.41, 5.74) is 4.23. The molecule has 0 atom stereocenters. The van der Waals surface area contributed by atoms with Crippen molar-refractivity contribution in [2.24, 2.45) is 0 Å². The van der Waals surface area contributed by atoms with Crippen molar-refractivity contribution in [3.63, 3.8) is 0 Å². The van der Waals surface area contributed by atoms with Crippen LogP contribution in [0.5, 0.6) is 23.0 Å². The van der Waals surface area contributed by atoms with E-state index in [9.17, 15) is 15.0 Å². The summed E-state index contributed by atoms with van der Waals surface area (Å²) in [5, 5.41) is 25.2. The minimum absolute atomic E-state index is 0.0642. The third-order valence-electron chi connectivity index (χ3n) is 5.84. The predicted octanol–water partition coefficient (Wildman–Crippen LogP) is 6.60. The minimum Gasteiger partial charge on any atom is -0.504 e. The smallest absolute Gasteiger partial charge is 0.338 e. The van der Waals surface area contributed by atoms with E-state index in [-0.39, 0.29) is 17.5 Å². The molecule has 8 heteroatoms. The fraction of sp³-hybridized carbons (Fsp3) is 0.188. The van der Waals surface area contributed by atoms with E-state index in [0.29, 0.717) is 42.6 Å². The molecule has 0 amide bonds. The lowest BCUT2D eigenvalue weighted by Gasteiger charge is -2.07. The van der Waals surface area contributed by atoms with Crippen LogP contribution in [0, 0.1) is 0 Å². The van der Waals surface area contributed by atoms with Crippen molar-refractivity contribution in [1.29, 1.82) is 0 Å². The number of phenols is 2. The van der Waals surface area contributed by atoms with Gasteiger partial charge in [0, 0.05) is 0 Å². The summed E-state index contributed by atoms with van der Waals surface area (Å²) in [7, 11) is 0. The number of hydrogen-bond donors (Lipinski definition) is 2. The highest BCUT2D eigenvalue weighted by molar-refractivity contribution is 5.89. The number of nitrogens with zero attached hydrogens (tertiary/aromatic N) is 2. The Hall–Kier alpha value is -4.98. The van der Waals surface area contributed by atoms with Crippen molar-refractivity contribution < 1.29 is 29.2 Å². The van der Waals surface area contributed by atoms with Gasteiger partial charge in [0.25, 0.3) is 0 Å². The molecular weight excluding hydrogens is 508 g/mol. The molecule has 1 aromatic heterocycles. The first-order valence-electron chi connectivity index (χ1n) is 13.1. The molecule has 4 rings (SSSR count). The van der Waals surface area contributed by atoms with Gasteiger partial charge in [-0.25, -0.2) is 9.48 Å². The Bertz CT molecular complexity index is 1520. The Morgan fingerprint density at radius 3 is 1.85 bits per heavy atom. The van der Waals surface area contributed by atoms with Crippen LogP contribution in [0.2, 0.25) is 0 Å². The second-order valence-electron chi connectivity index (χ2n) is 8.66. The van der Waals surface area contributed by atoms with Crippen LogP contribution in [0.4, 0.5) is 0 Å². The average molecular weight is 541 g/mol. The summed E-state index contributed by atoms with van der Waals surface area (Å²) in [5.74, 6) is 0.613. The van der Waals surface area contributed by atoms with Gasteiger partial charge in [0.15, 0.2) is 23.0 Å². The summed E-state index contributed by atoms with van der Waals surface area (Å²) in [6, 6.07) is 19.3. The van der Waals surface area contributed by atoms with Crippen LogP contribution in [-0.2, 0) is 4.74 Å². The summed E-state index contributed by atoms with van der Waals surface area (Å²) in [6.45, 7) is 6.72. The molecule has 0 aliphatic heterocycles. The molecule has 0 aliphatic carbocycles. The van der Waals surface area contributed by atoms with Crippen molar-refractivity contribution in [1.82, 2.24) is 9.78 Å². The summed E-state index contributed by atoms with van der Waals surface area (Å²) in [6.07, 6.45) is 7.46. The maximum absolute atomic E-state index is 12.1. The average Bonchev–Trinajstić information content (AvgIpc) is 3.37. The number of rotatable bonds is 11. The third-order valence-corrected chi connectivity index (χ3v) is 5.84. The molecule has 0 fully saturated rings. The summed E-state index contributed by atoms with van der Waals surface area (Å²) >= 11 is 0. The number of carbonyl (C=O) groups excluding carboxylic acids is 1. The molecule has 0 spiro atoms. The van der Waals surface area contributed by atoms with E-state index in [0.717, 1.165) is 22.5 Å². The highest BCUT2D eigenvalue weighted by Gasteiger charge is 2.10. The zero-order chi connectivity index (χ0) is 28.5. The van der Waals surface area contributed by atoms with Gasteiger partial charge in [0.05, 0.1) is 42.5 Å². The monoisotopic (exact) mass is 540 g/mol. The van der Waals surface area contributed by atoms with E-state index >= 15 is 0 Å². The van der Waals surface area contributed by atoms with E-state index < -0.39 is 0 Å². The molecule has 0 unspecified atom stereocenters. The van der Waals surface area contributed by atoms with E-state index in [2.05, 4.69) is 0 Å². The van der Waals surface area contributed by atoms with E-state index in [4.69, 9.17) is 19.3 Å². The van der Waals surface area contributed by atoms with Gasteiger partial charge in [-0.15, -0.1) is 0 Å². The van der Waals surface area contributed by atoms with Crippen molar-refractivity contribution in [2.75, 3.05) is 19.8 Å². The van der Waals surface area contributed by atoms with Crippen LogP contribution in [0.3, 0.4) is 0 Å².